The molecule has 172 valence electrons. The van der Waals surface area contributed by atoms with Gasteiger partial charge in [0.2, 0.25) is 15.9 Å². The van der Waals surface area contributed by atoms with Crippen molar-refractivity contribution in [3.8, 4) is 0 Å². The van der Waals surface area contributed by atoms with Crippen LogP contribution in [-0.4, -0.2) is 47.8 Å². The summed E-state index contributed by atoms with van der Waals surface area (Å²) in [7, 11) is -3.47. The number of hydrogen-bond acceptors (Lipinski definition) is 4. The molecular formula is C23H36N4O3S. The van der Waals surface area contributed by atoms with Gasteiger partial charge in [-0.1, -0.05) is 20.8 Å². The van der Waals surface area contributed by atoms with E-state index in [0.717, 1.165) is 50.0 Å². The number of hydrogen-bond donors (Lipinski definition) is 1. The zero-order valence-electron chi connectivity index (χ0n) is 19.1. The van der Waals surface area contributed by atoms with Crippen LogP contribution in [0.5, 0.6) is 0 Å². The van der Waals surface area contributed by atoms with Crippen molar-refractivity contribution in [1.29, 1.82) is 0 Å². The second-order valence-corrected chi connectivity index (χ2v) is 10.8. The Morgan fingerprint density at radius 2 is 1.97 bits per heavy atom. The average molecular weight is 449 g/mol. The Hall–Kier alpha value is -1.93. The minimum atomic E-state index is -3.47. The Kier molecular flexibility index (Phi) is 8.11. The van der Waals surface area contributed by atoms with E-state index >= 15 is 0 Å². The van der Waals surface area contributed by atoms with Gasteiger partial charge in [-0.05, 0) is 56.2 Å². The first-order valence-electron chi connectivity index (χ1n) is 11.6. The van der Waals surface area contributed by atoms with Gasteiger partial charge in [-0.15, -0.1) is 0 Å². The lowest BCUT2D eigenvalue weighted by molar-refractivity contribution is -0.121. The second-order valence-electron chi connectivity index (χ2n) is 8.83. The Morgan fingerprint density at radius 3 is 2.65 bits per heavy atom. The number of carbonyl (C=O) groups excluding carboxylic acids is 1. The second kappa shape index (κ2) is 10.6. The van der Waals surface area contributed by atoms with Gasteiger partial charge in [0.1, 0.15) is 5.82 Å². The molecule has 1 fully saturated rings. The first-order valence-corrected chi connectivity index (χ1v) is 13.0. The predicted octanol–water partition coefficient (Wildman–Crippen LogP) is 3.72. The molecule has 2 heterocycles. The fraction of sp³-hybridized carbons (Fsp3) is 0.652. The Bertz CT molecular complexity index is 992. The monoisotopic (exact) mass is 448 g/mol. The molecule has 0 aliphatic carbocycles. The lowest BCUT2D eigenvalue weighted by atomic mass is 10.1. The first kappa shape index (κ1) is 23.7. The maximum atomic E-state index is 12.9. The number of amides is 1. The highest BCUT2D eigenvalue weighted by Gasteiger charge is 2.27. The van der Waals surface area contributed by atoms with Crippen molar-refractivity contribution in [2.75, 3.05) is 19.6 Å². The Balaban J connectivity index is 1.73. The van der Waals surface area contributed by atoms with Crippen molar-refractivity contribution in [1.82, 2.24) is 19.2 Å². The van der Waals surface area contributed by atoms with E-state index in [9.17, 15) is 13.2 Å². The number of nitrogens with one attached hydrogen (secondary N) is 1. The summed E-state index contributed by atoms with van der Waals surface area (Å²) in [6.07, 6.45) is 5.79. The van der Waals surface area contributed by atoms with Crippen molar-refractivity contribution in [2.45, 2.75) is 77.2 Å². The zero-order chi connectivity index (χ0) is 22.4. The predicted molar refractivity (Wildman–Crippen MR) is 123 cm³/mol. The standard InChI is InChI=1S/C23H36N4O3S/c1-4-14-27-21-10-9-19(31(29,30)26-15-5-6-16-26)17-20(21)25-22(27)11-12-23(28)24-13-7-8-18(2)3/h9-10,17-18H,4-8,11-16H2,1-3H3,(H,24,28). The van der Waals surface area contributed by atoms with Crippen LogP contribution in [0, 0.1) is 5.92 Å². The van der Waals surface area contributed by atoms with Crippen LogP contribution in [0.1, 0.15) is 65.1 Å². The van der Waals surface area contributed by atoms with Crippen LogP contribution in [0.15, 0.2) is 23.1 Å². The highest BCUT2D eigenvalue weighted by molar-refractivity contribution is 7.89. The van der Waals surface area contributed by atoms with Gasteiger partial charge in [-0.25, -0.2) is 13.4 Å². The molecule has 31 heavy (non-hydrogen) atoms. The zero-order valence-corrected chi connectivity index (χ0v) is 19.9. The highest BCUT2D eigenvalue weighted by atomic mass is 32.2. The number of sulfonamides is 1. The van der Waals surface area contributed by atoms with Gasteiger partial charge >= 0.3 is 0 Å². The molecule has 8 heteroatoms. The van der Waals surface area contributed by atoms with E-state index in [0.29, 0.717) is 48.8 Å². The normalized spacial score (nSPS) is 15.2. The van der Waals surface area contributed by atoms with E-state index in [-0.39, 0.29) is 5.91 Å². The molecule has 3 rings (SSSR count). The molecule has 7 nitrogen and oxygen atoms in total. The third-order valence-electron chi connectivity index (χ3n) is 5.80. The van der Waals surface area contributed by atoms with E-state index < -0.39 is 10.0 Å². The number of imidazole rings is 1. The molecule has 0 saturated carbocycles. The van der Waals surface area contributed by atoms with Gasteiger partial charge < -0.3 is 9.88 Å². The van der Waals surface area contributed by atoms with Gasteiger partial charge in [0.15, 0.2) is 0 Å². The molecular weight excluding hydrogens is 412 g/mol. The molecule has 0 spiro atoms. The molecule has 0 bridgehead atoms. The topological polar surface area (TPSA) is 84.3 Å². The number of benzene rings is 1. The number of carbonyl (C=O) groups is 1. The minimum Gasteiger partial charge on any atom is -0.356 e. The van der Waals surface area contributed by atoms with Crippen LogP contribution in [0.3, 0.4) is 0 Å². The van der Waals surface area contributed by atoms with Crippen molar-refractivity contribution >= 4 is 27.0 Å². The summed E-state index contributed by atoms with van der Waals surface area (Å²) in [5, 5.41) is 2.99. The largest absolute Gasteiger partial charge is 0.356 e. The molecule has 1 aliphatic rings. The number of fused-ring (bicyclic) bond motifs is 1. The van der Waals surface area contributed by atoms with E-state index in [1.807, 2.05) is 6.07 Å². The Labute approximate surface area is 186 Å². The van der Waals surface area contributed by atoms with Crippen molar-refractivity contribution < 1.29 is 13.2 Å². The fourth-order valence-corrected chi connectivity index (χ4v) is 5.65. The molecule has 1 saturated heterocycles. The average Bonchev–Trinajstić information content (AvgIpc) is 3.38. The number of aryl methyl sites for hydroxylation is 2. The Morgan fingerprint density at radius 1 is 1.23 bits per heavy atom. The van der Waals surface area contributed by atoms with Gasteiger partial charge in [0, 0.05) is 39.0 Å². The van der Waals surface area contributed by atoms with Crippen LogP contribution in [-0.2, 0) is 27.8 Å². The van der Waals surface area contributed by atoms with Gasteiger partial charge in [-0.2, -0.15) is 4.31 Å². The molecule has 1 aromatic carbocycles. The van der Waals surface area contributed by atoms with E-state index in [1.165, 1.54) is 0 Å². The summed E-state index contributed by atoms with van der Waals surface area (Å²) < 4.78 is 29.5. The quantitative estimate of drug-likeness (QED) is 0.531. The summed E-state index contributed by atoms with van der Waals surface area (Å²) in [5.41, 5.74) is 1.61. The lowest BCUT2D eigenvalue weighted by Crippen LogP contribution is -2.27. The molecule has 0 atom stereocenters. The van der Waals surface area contributed by atoms with Crippen molar-refractivity contribution in [3.05, 3.63) is 24.0 Å². The molecule has 0 radical (unpaired) electrons. The van der Waals surface area contributed by atoms with Gasteiger partial charge in [0.25, 0.3) is 0 Å². The van der Waals surface area contributed by atoms with E-state index in [1.54, 1.807) is 16.4 Å². The van der Waals surface area contributed by atoms with Crippen LogP contribution < -0.4 is 5.32 Å². The van der Waals surface area contributed by atoms with Crippen LogP contribution in [0.2, 0.25) is 0 Å². The summed E-state index contributed by atoms with van der Waals surface area (Å²) >= 11 is 0. The summed E-state index contributed by atoms with van der Waals surface area (Å²) in [5.74, 6) is 1.52. The fourth-order valence-electron chi connectivity index (χ4n) is 4.11. The van der Waals surface area contributed by atoms with E-state index in [2.05, 4.69) is 30.7 Å². The summed E-state index contributed by atoms with van der Waals surface area (Å²) in [4.78, 5) is 17.3. The lowest BCUT2D eigenvalue weighted by Gasteiger charge is -2.15. The molecule has 1 amide bonds. The van der Waals surface area contributed by atoms with Crippen LogP contribution >= 0.6 is 0 Å². The molecule has 2 aromatic rings. The number of aromatic nitrogens is 2. The molecule has 1 aromatic heterocycles. The summed E-state index contributed by atoms with van der Waals surface area (Å²) in [6.45, 7) is 9.14. The van der Waals surface area contributed by atoms with Crippen LogP contribution in [0.25, 0.3) is 11.0 Å². The maximum absolute atomic E-state index is 12.9. The van der Waals surface area contributed by atoms with Gasteiger partial charge in [-0.3, -0.25) is 4.79 Å². The first-order chi connectivity index (χ1) is 14.8. The SMILES string of the molecule is CCCn1c(CCC(=O)NCCCC(C)C)nc2cc(S(=O)(=O)N3CCCC3)ccc21. The van der Waals surface area contributed by atoms with E-state index in [4.69, 9.17) is 4.98 Å². The number of rotatable bonds is 11. The molecule has 0 unspecified atom stereocenters. The third kappa shape index (κ3) is 5.86. The van der Waals surface area contributed by atoms with Gasteiger partial charge in [0.05, 0.1) is 15.9 Å². The number of nitrogens with zero attached hydrogens (tertiary/aromatic N) is 3. The van der Waals surface area contributed by atoms with Crippen molar-refractivity contribution in [3.63, 3.8) is 0 Å². The van der Waals surface area contributed by atoms with Crippen molar-refractivity contribution in [2.24, 2.45) is 5.92 Å². The maximum Gasteiger partial charge on any atom is 0.243 e. The molecule has 1 aliphatic heterocycles. The third-order valence-corrected chi connectivity index (χ3v) is 7.70. The minimum absolute atomic E-state index is 0.0381. The summed E-state index contributed by atoms with van der Waals surface area (Å²) in [6, 6.07) is 5.23. The highest BCUT2D eigenvalue weighted by Crippen LogP contribution is 2.25. The smallest absolute Gasteiger partial charge is 0.243 e. The molecule has 1 N–H and O–H groups in total. The van der Waals surface area contributed by atoms with Crippen LogP contribution in [0.4, 0.5) is 0 Å².